The van der Waals surface area contributed by atoms with Crippen LogP contribution < -0.4 is 5.32 Å². The molecule has 0 aromatic carbocycles. The van der Waals surface area contributed by atoms with Crippen LogP contribution in [0.5, 0.6) is 0 Å². The van der Waals surface area contributed by atoms with E-state index in [2.05, 4.69) is 5.32 Å². The van der Waals surface area contributed by atoms with Gasteiger partial charge >= 0.3 is 5.97 Å². The molecule has 1 fully saturated rings. The van der Waals surface area contributed by atoms with E-state index in [9.17, 15) is 13.2 Å². The quantitative estimate of drug-likeness (QED) is 0.715. The molecule has 2 atom stereocenters. The van der Waals surface area contributed by atoms with Crippen molar-refractivity contribution in [3.8, 4) is 0 Å². The summed E-state index contributed by atoms with van der Waals surface area (Å²) < 4.78 is 28.9. The van der Waals surface area contributed by atoms with Crippen LogP contribution in [0.15, 0.2) is 0 Å². The highest BCUT2D eigenvalue weighted by atomic mass is 32.2. The predicted octanol–water partition coefficient (Wildman–Crippen LogP) is 1.28. The fraction of sp³-hybridized carbons (Fsp3) is 0.923. The zero-order chi connectivity index (χ0) is 14.5. The molecule has 1 aliphatic carbocycles. The van der Waals surface area contributed by atoms with Gasteiger partial charge in [0, 0.05) is 11.8 Å². The third kappa shape index (κ3) is 4.18. The van der Waals surface area contributed by atoms with E-state index in [4.69, 9.17) is 4.74 Å². The van der Waals surface area contributed by atoms with Crippen LogP contribution in [-0.2, 0) is 19.4 Å². The molecule has 19 heavy (non-hydrogen) atoms. The Bertz CT molecular complexity index is 407. The molecule has 0 amide bonds. The molecule has 0 saturated heterocycles. The van der Waals surface area contributed by atoms with Crippen molar-refractivity contribution in [3.63, 3.8) is 0 Å². The number of nitrogens with one attached hydrogen (secondary N) is 1. The third-order valence-electron chi connectivity index (χ3n) is 3.71. The van der Waals surface area contributed by atoms with Gasteiger partial charge in [0.15, 0.2) is 9.84 Å². The number of ether oxygens (including phenoxy) is 1. The maximum atomic E-state index is 12.0. The van der Waals surface area contributed by atoms with Gasteiger partial charge in [0.2, 0.25) is 0 Å². The van der Waals surface area contributed by atoms with Gasteiger partial charge in [-0.15, -0.1) is 0 Å². The van der Waals surface area contributed by atoms with Gasteiger partial charge in [0.25, 0.3) is 0 Å². The molecule has 0 spiro atoms. The maximum Gasteiger partial charge on any atom is 0.307 e. The van der Waals surface area contributed by atoms with Crippen LogP contribution >= 0.6 is 0 Å². The summed E-state index contributed by atoms with van der Waals surface area (Å²) in [7, 11) is -3.17. The summed E-state index contributed by atoms with van der Waals surface area (Å²) in [5, 5.41) is 2.82. The molecule has 0 bridgehead atoms. The van der Waals surface area contributed by atoms with Crippen molar-refractivity contribution in [1.82, 2.24) is 5.32 Å². The predicted molar refractivity (Wildman–Crippen MR) is 74.8 cm³/mol. The summed E-state index contributed by atoms with van der Waals surface area (Å²) in [6.45, 7) is 4.82. The fourth-order valence-electron chi connectivity index (χ4n) is 2.97. The molecule has 1 rings (SSSR count). The van der Waals surface area contributed by atoms with E-state index in [1.54, 1.807) is 6.92 Å². The largest absolute Gasteiger partial charge is 0.466 e. The van der Waals surface area contributed by atoms with Crippen molar-refractivity contribution in [2.24, 2.45) is 0 Å². The molecule has 0 aromatic heterocycles. The van der Waals surface area contributed by atoms with Crippen molar-refractivity contribution in [2.45, 2.75) is 56.7 Å². The van der Waals surface area contributed by atoms with E-state index in [1.807, 2.05) is 6.92 Å². The van der Waals surface area contributed by atoms with Gasteiger partial charge in [-0.05, 0) is 32.7 Å². The lowest BCUT2D eigenvalue weighted by atomic mass is 9.92. The minimum Gasteiger partial charge on any atom is -0.466 e. The monoisotopic (exact) mass is 291 g/mol. The topological polar surface area (TPSA) is 72.5 Å². The smallest absolute Gasteiger partial charge is 0.307 e. The molecule has 1 aliphatic rings. The summed E-state index contributed by atoms with van der Waals surface area (Å²) >= 11 is 0. The van der Waals surface area contributed by atoms with Crippen molar-refractivity contribution < 1.29 is 17.9 Å². The zero-order valence-corrected chi connectivity index (χ0v) is 12.9. The van der Waals surface area contributed by atoms with Crippen molar-refractivity contribution >= 4 is 15.8 Å². The molecule has 0 aromatic rings. The molecule has 6 heteroatoms. The van der Waals surface area contributed by atoms with Crippen molar-refractivity contribution in [3.05, 3.63) is 0 Å². The first kappa shape index (κ1) is 16.4. The first-order chi connectivity index (χ1) is 8.85. The molecule has 0 heterocycles. The van der Waals surface area contributed by atoms with E-state index < -0.39 is 20.6 Å². The number of rotatable bonds is 7. The SMILES string of the molecule is CCCNC1(CC(=O)OCC)CCCC1S(C)(=O)=O. The van der Waals surface area contributed by atoms with Gasteiger partial charge in [0.1, 0.15) is 0 Å². The van der Waals surface area contributed by atoms with Crippen LogP contribution in [0.3, 0.4) is 0 Å². The Labute approximate surface area is 116 Å². The molecule has 0 aliphatic heterocycles. The summed E-state index contributed by atoms with van der Waals surface area (Å²) in [6.07, 6.45) is 4.46. The minimum atomic E-state index is -3.17. The summed E-state index contributed by atoms with van der Waals surface area (Å²) in [5.74, 6) is -0.318. The highest BCUT2D eigenvalue weighted by Crippen LogP contribution is 2.37. The molecule has 5 nitrogen and oxygen atoms in total. The summed E-state index contributed by atoms with van der Waals surface area (Å²) in [5.41, 5.74) is -0.643. The Morgan fingerprint density at radius 2 is 2.11 bits per heavy atom. The second kappa shape index (κ2) is 6.70. The lowest BCUT2D eigenvalue weighted by Crippen LogP contribution is -2.55. The Balaban J connectivity index is 2.94. The van der Waals surface area contributed by atoms with Gasteiger partial charge < -0.3 is 10.1 Å². The molecular weight excluding hydrogens is 266 g/mol. The van der Waals surface area contributed by atoms with Gasteiger partial charge in [-0.3, -0.25) is 4.79 Å². The molecule has 2 unspecified atom stereocenters. The Morgan fingerprint density at radius 1 is 1.42 bits per heavy atom. The Hall–Kier alpha value is -0.620. The van der Waals surface area contributed by atoms with E-state index in [0.29, 0.717) is 26.0 Å². The maximum absolute atomic E-state index is 12.0. The summed E-state index contributed by atoms with van der Waals surface area (Å²) in [6, 6.07) is 0. The number of carbonyl (C=O) groups is 1. The standard InChI is InChI=1S/C13H25NO4S/c1-4-9-14-13(10-12(15)18-5-2)8-6-7-11(13)19(3,16)17/h11,14H,4-10H2,1-3H3. The van der Waals surface area contributed by atoms with Crippen LogP contribution in [0.2, 0.25) is 0 Å². The van der Waals surface area contributed by atoms with E-state index >= 15 is 0 Å². The van der Waals surface area contributed by atoms with E-state index in [0.717, 1.165) is 12.8 Å². The number of esters is 1. The number of carbonyl (C=O) groups excluding carboxylic acids is 1. The molecule has 0 radical (unpaired) electrons. The van der Waals surface area contributed by atoms with Crippen LogP contribution in [0.1, 0.15) is 46.0 Å². The molecule has 112 valence electrons. The minimum absolute atomic E-state index is 0.137. The van der Waals surface area contributed by atoms with Crippen LogP contribution in [-0.4, -0.2) is 44.6 Å². The van der Waals surface area contributed by atoms with Crippen LogP contribution in [0.4, 0.5) is 0 Å². The van der Waals surface area contributed by atoms with Crippen LogP contribution in [0.25, 0.3) is 0 Å². The molecule has 1 saturated carbocycles. The van der Waals surface area contributed by atoms with E-state index in [1.165, 1.54) is 6.26 Å². The Kier molecular flexibility index (Phi) is 5.80. The zero-order valence-electron chi connectivity index (χ0n) is 12.1. The molecule has 1 N–H and O–H groups in total. The third-order valence-corrected chi connectivity index (χ3v) is 5.44. The lowest BCUT2D eigenvalue weighted by molar-refractivity contribution is -0.144. The van der Waals surface area contributed by atoms with Crippen molar-refractivity contribution in [2.75, 3.05) is 19.4 Å². The number of hydrogen-bond acceptors (Lipinski definition) is 5. The fourth-order valence-corrected chi connectivity index (χ4v) is 4.67. The number of sulfone groups is 1. The Morgan fingerprint density at radius 3 is 2.63 bits per heavy atom. The highest BCUT2D eigenvalue weighted by molar-refractivity contribution is 7.91. The van der Waals surface area contributed by atoms with Gasteiger partial charge in [0.05, 0.1) is 18.3 Å². The second-order valence-corrected chi connectivity index (χ2v) is 7.50. The van der Waals surface area contributed by atoms with Crippen LogP contribution in [0, 0.1) is 0 Å². The van der Waals surface area contributed by atoms with Gasteiger partial charge in [-0.2, -0.15) is 0 Å². The van der Waals surface area contributed by atoms with E-state index in [-0.39, 0.29) is 12.4 Å². The lowest BCUT2D eigenvalue weighted by Gasteiger charge is -2.35. The van der Waals surface area contributed by atoms with Crippen molar-refractivity contribution in [1.29, 1.82) is 0 Å². The highest BCUT2D eigenvalue weighted by Gasteiger charge is 2.49. The normalized spacial score (nSPS) is 27.4. The van der Waals surface area contributed by atoms with Gasteiger partial charge in [-0.25, -0.2) is 8.42 Å². The summed E-state index contributed by atoms with van der Waals surface area (Å²) in [4.78, 5) is 11.8. The first-order valence-electron chi connectivity index (χ1n) is 6.95. The first-order valence-corrected chi connectivity index (χ1v) is 8.90. The average molecular weight is 291 g/mol. The second-order valence-electron chi connectivity index (χ2n) is 5.28. The molecular formula is C13H25NO4S. The number of hydrogen-bond donors (Lipinski definition) is 1. The van der Waals surface area contributed by atoms with Gasteiger partial charge in [-0.1, -0.05) is 13.3 Å². The average Bonchev–Trinajstić information content (AvgIpc) is 2.70.